The summed E-state index contributed by atoms with van der Waals surface area (Å²) in [7, 11) is 0. The molecular weight excluding hydrogens is 502 g/mol. The van der Waals surface area contributed by atoms with Crippen LogP contribution in [0.4, 0.5) is 5.69 Å². The van der Waals surface area contributed by atoms with Crippen molar-refractivity contribution in [1.29, 1.82) is 0 Å². The van der Waals surface area contributed by atoms with Gasteiger partial charge in [-0.2, -0.15) is 0 Å². The van der Waals surface area contributed by atoms with E-state index in [9.17, 15) is 0 Å². The van der Waals surface area contributed by atoms with Gasteiger partial charge in [0, 0.05) is 21.3 Å². The van der Waals surface area contributed by atoms with E-state index < -0.39 is 0 Å². The molecule has 5 rings (SSSR count). The van der Waals surface area contributed by atoms with Crippen molar-refractivity contribution in [3.05, 3.63) is 107 Å². The third kappa shape index (κ3) is 4.33. The highest BCUT2D eigenvalue weighted by molar-refractivity contribution is 9.10. The Morgan fingerprint density at radius 2 is 1.78 bits per heavy atom. The molecule has 1 N–H and O–H groups in total. The number of hydrogen-bond donors (Lipinski definition) is 1. The number of aryl methyl sites for hydroxylation is 1. The zero-order valence-electron chi connectivity index (χ0n) is 17.2. The molecule has 0 bridgehead atoms. The molecule has 1 fully saturated rings. The van der Waals surface area contributed by atoms with E-state index >= 15 is 0 Å². The van der Waals surface area contributed by atoms with Crippen LogP contribution in [0.2, 0.25) is 0 Å². The number of thiocarbonyl (C=S) groups is 1. The Kier molecular flexibility index (Phi) is 6.04. The predicted octanol–water partition coefficient (Wildman–Crippen LogP) is 7.07. The molecule has 160 valence electrons. The van der Waals surface area contributed by atoms with Gasteiger partial charge in [0.2, 0.25) is 0 Å². The summed E-state index contributed by atoms with van der Waals surface area (Å²) < 4.78 is 7.38. The molecule has 0 amide bonds. The summed E-state index contributed by atoms with van der Waals surface area (Å²) in [5.41, 5.74) is 3.16. The standard InChI is InChI=1S/C25H20BrN3OS2/c1-16-5-11-19(12-6-16)32-22-14-13-21(30-22)24-23(20-4-2-3-15-27-20)28-25(31)29(24)18-9-7-17(26)8-10-18/h2-15,23-24H,1H3,(H,28,31). The molecule has 7 heteroatoms. The van der Waals surface area contributed by atoms with Gasteiger partial charge in [-0.25, -0.2) is 0 Å². The predicted molar refractivity (Wildman–Crippen MR) is 136 cm³/mol. The molecule has 2 atom stereocenters. The largest absolute Gasteiger partial charge is 0.452 e. The third-order valence-corrected chi connectivity index (χ3v) is 7.11. The number of aromatic nitrogens is 1. The molecule has 0 aliphatic carbocycles. The number of anilines is 1. The molecule has 0 spiro atoms. The molecule has 0 radical (unpaired) electrons. The monoisotopic (exact) mass is 521 g/mol. The molecular formula is C25H20BrN3OS2. The summed E-state index contributed by atoms with van der Waals surface area (Å²) in [5, 5.41) is 4.96. The normalized spacial score (nSPS) is 18.1. The van der Waals surface area contributed by atoms with Crippen molar-refractivity contribution < 1.29 is 4.42 Å². The Balaban J connectivity index is 1.52. The topological polar surface area (TPSA) is 41.3 Å². The van der Waals surface area contributed by atoms with Gasteiger partial charge in [0.25, 0.3) is 0 Å². The second-order valence-electron chi connectivity index (χ2n) is 7.54. The van der Waals surface area contributed by atoms with Crippen molar-refractivity contribution in [2.75, 3.05) is 4.90 Å². The van der Waals surface area contributed by atoms with Crippen LogP contribution < -0.4 is 10.2 Å². The summed E-state index contributed by atoms with van der Waals surface area (Å²) in [6, 6.07) is 26.3. The SMILES string of the molecule is Cc1ccc(Sc2ccc(C3C(c4ccccn4)NC(=S)N3c3ccc(Br)cc3)o2)cc1. The molecule has 2 aromatic carbocycles. The van der Waals surface area contributed by atoms with Crippen LogP contribution in [0, 0.1) is 6.92 Å². The van der Waals surface area contributed by atoms with E-state index in [4.69, 9.17) is 16.6 Å². The maximum Gasteiger partial charge on any atom is 0.174 e. The molecule has 0 saturated carbocycles. The highest BCUT2D eigenvalue weighted by Crippen LogP contribution is 2.43. The summed E-state index contributed by atoms with van der Waals surface area (Å²) in [6.45, 7) is 2.09. The van der Waals surface area contributed by atoms with Gasteiger partial charge in [-0.15, -0.1) is 0 Å². The summed E-state index contributed by atoms with van der Waals surface area (Å²) >= 11 is 10.9. The zero-order chi connectivity index (χ0) is 22.1. The Bertz CT molecular complexity index is 1230. The van der Waals surface area contributed by atoms with Crippen LogP contribution in [0.15, 0.2) is 104 Å². The maximum absolute atomic E-state index is 6.36. The fraction of sp³-hybridized carbons (Fsp3) is 0.120. The number of nitrogens with one attached hydrogen (secondary N) is 1. The van der Waals surface area contributed by atoms with Crippen LogP contribution in [-0.2, 0) is 0 Å². The van der Waals surface area contributed by atoms with E-state index in [-0.39, 0.29) is 12.1 Å². The Morgan fingerprint density at radius 1 is 1.00 bits per heavy atom. The van der Waals surface area contributed by atoms with Crippen LogP contribution in [-0.4, -0.2) is 10.1 Å². The first-order valence-electron chi connectivity index (χ1n) is 10.2. The van der Waals surface area contributed by atoms with Gasteiger partial charge in [-0.3, -0.25) is 4.98 Å². The van der Waals surface area contributed by atoms with Crippen molar-refractivity contribution in [3.8, 4) is 0 Å². The van der Waals surface area contributed by atoms with E-state index in [1.807, 2.05) is 42.5 Å². The van der Waals surface area contributed by atoms with Crippen molar-refractivity contribution in [3.63, 3.8) is 0 Å². The molecule has 4 nitrogen and oxygen atoms in total. The molecule has 1 aliphatic rings. The van der Waals surface area contributed by atoms with Crippen LogP contribution in [0.25, 0.3) is 0 Å². The molecule has 32 heavy (non-hydrogen) atoms. The van der Waals surface area contributed by atoms with E-state index in [0.29, 0.717) is 5.11 Å². The number of nitrogens with zero attached hydrogens (tertiary/aromatic N) is 2. The number of hydrogen-bond acceptors (Lipinski definition) is 4. The summed E-state index contributed by atoms with van der Waals surface area (Å²) in [4.78, 5) is 7.85. The molecule has 2 unspecified atom stereocenters. The van der Waals surface area contributed by atoms with Gasteiger partial charge < -0.3 is 14.6 Å². The summed E-state index contributed by atoms with van der Waals surface area (Å²) in [5.74, 6) is 0.838. The molecule has 1 saturated heterocycles. The number of furan rings is 1. The average Bonchev–Trinajstić information content (AvgIpc) is 3.40. The number of benzene rings is 2. The second kappa shape index (κ2) is 9.10. The van der Waals surface area contributed by atoms with E-state index in [1.165, 1.54) is 5.56 Å². The molecule has 1 aliphatic heterocycles. The van der Waals surface area contributed by atoms with E-state index in [2.05, 4.69) is 74.5 Å². The van der Waals surface area contributed by atoms with Gasteiger partial charge in [-0.05, 0) is 79.8 Å². The molecule has 4 aromatic rings. The zero-order valence-corrected chi connectivity index (χ0v) is 20.5. The number of halogens is 1. The second-order valence-corrected chi connectivity index (χ2v) is 9.93. The van der Waals surface area contributed by atoms with Gasteiger partial charge in [0.15, 0.2) is 10.2 Å². The van der Waals surface area contributed by atoms with Crippen molar-refractivity contribution in [1.82, 2.24) is 10.3 Å². The van der Waals surface area contributed by atoms with Crippen molar-refractivity contribution >= 4 is 50.7 Å². The highest BCUT2D eigenvalue weighted by atomic mass is 79.9. The maximum atomic E-state index is 6.36. The van der Waals surface area contributed by atoms with Gasteiger partial charge in [-0.1, -0.05) is 51.5 Å². The fourth-order valence-electron chi connectivity index (χ4n) is 3.79. The van der Waals surface area contributed by atoms with Crippen LogP contribution in [0.1, 0.15) is 29.1 Å². The number of rotatable bonds is 5. The summed E-state index contributed by atoms with van der Waals surface area (Å²) in [6.07, 6.45) is 1.81. The lowest BCUT2D eigenvalue weighted by Gasteiger charge is -2.26. The minimum atomic E-state index is -0.161. The average molecular weight is 522 g/mol. The molecule has 3 heterocycles. The van der Waals surface area contributed by atoms with Crippen LogP contribution >= 0.6 is 39.9 Å². The van der Waals surface area contributed by atoms with Gasteiger partial charge in [0.05, 0.1) is 11.7 Å². The van der Waals surface area contributed by atoms with Gasteiger partial charge >= 0.3 is 0 Å². The Morgan fingerprint density at radius 3 is 2.50 bits per heavy atom. The first-order valence-corrected chi connectivity index (χ1v) is 12.2. The third-order valence-electron chi connectivity index (χ3n) is 5.34. The quantitative estimate of drug-likeness (QED) is 0.283. The lowest BCUT2D eigenvalue weighted by atomic mass is 10.0. The lowest BCUT2D eigenvalue weighted by Crippen LogP contribution is -2.29. The molecule has 2 aromatic heterocycles. The van der Waals surface area contributed by atoms with E-state index in [0.717, 1.165) is 31.6 Å². The van der Waals surface area contributed by atoms with Gasteiger partial charge in [0.1, 0.15) is 11.8 Å². The Labute approximate surface area is 205 Å². The smallest absolute Gasteiger partial charge is 0.174 e. The first kappa shape index (κ1) is 21.2. The van der Waals surface area contributed by atoms with Crippen LogP contribution in [0.3, 0.4) is 0 Å². The van der Waals surface area contributed by atoms with Crippen LogP contribution in [0.5, 0.6) is 0 Å². The highest BCUT2D eigenvalue weighted by Gasteiger charge is 2.42. The Hall–Kier alpha value is -2.61. The number of pyridine rings is 1. The fourth-order valence-corrected chi connectivity index (χ4v) is 5.18. The minimum absolute atomic E-state index is 0.129. The first-order chi connectivity index (χ1) is 15.6. The van der Waals surface area contributed by atoms with E-state index in [1.54, 1.807) is 18.0 Å². The van der Waals surface area contributed by atoms with Crippen molar-refractivity contribution in [2.45, 2.75) is 29.0 Å². The van der Waals surface area contributed by atoms with Crippen molar-refractivity contribution in [2.24, 2.45) is 0 Å². The lowest BCUT2D eigenvalue weighted by molar-refractivity contribution is 0.383. The minimum Gasteiger partial charge on any atom is -0.452 e.